The summed E-state index contributed by atoms with van der Waals surface area (Å²) in [6.45, 7) is 0. The molecule has 2 aromatic heterocycles. The first-order valence-electron chi connectivity index (χ1n) is 9.59. The van der Waals surface area contributed by atoms with Gasteiger partial charge in [-0.25, -0.2) is 0 Å². The van der Waals surface area contributed by atoms with Crippen molar-refractivity contribution in [3.8, 4) is 40.1 Å². The first-order valence-corrected chi connectivity index (χ1v) is 9.59. The standard InChI is InChI=1S/C23H20N4O5/c1-29-18-12-15(13-19(30-2)20(18)31-3)22(28)25-17-7-5-4-6-16(17)23-26-21(27-32-23)14-8-10-24-11-9-14/h4-13H,1-3H3,(H,25,28). The van der Waals surface area contributed by atoms with Crippen molar-refractivity contribution in [1.82, 2.24) is 15.1 Å². The van der Waals surface area contributed by atoms with Crippen LogP contribution in [-0.2, 0) is 0 Å². The average molecular weight is 432 g/mol. The van der Waals surface area contributed by atoms with Gasteiger partial charge in [0, 0.05) is 23.5 Å². The second kappa shape index (κ2) is 9.17. The third kappa shape index (κ3) is 4.08. The highest BCUT2D eigenvalue weighted by atomic mass is 16.5. The Morgan fingerprint density at radius 1 is 0.938 bits per heavy atom. The van der Waals surface area contributed by atoms with E-state index in [0.29, 0.717) is 39.9 Å². The van der Waals surface area contributed by atoms with Crippen LogP contribution in [-0.4, -0.2) is 42.4 Å². The second-order valence-corrected chi connectivity index (χ2v) is 6.57. The predicted molar refractivity (Wildman–Crippen MR) is 117 cm³/mol. The maximum Gasteiger partial charge on any atom is 0.260 e. The smallest absolute Gasteiger partial charge is 0.260 e. The first kappa shape index (κ1) is 20.9. The van der Waals surface area contributed by atoms with Crippen molar-refractivity contribution in [3.05, 3.63) is 66.5 Å². The van der Waals surface area contributed by atoms with Crippen molar-refractivity contribution < 1.29 is 23.5 Å². The molecule has 0 spiro atoms. The van der Waals surface area contributed by atoms with Crippen LogP contribution >= 0.6 is 0 Å². The molecule has 32 heavy (non-hydrogen) atoms. The Bertz CT molecular complexity index is 1220. The van der Waals surface area contributed by atoms with Crippen molar-refractivity contribution in [3.63, 3.8) is 0 Å². The topological polar surface area (TPSA) is 109 Å². The van der Waals surface area contributed by atoms with Crippen LogP contribution in [0.2, 0.25) is 0 Å². The number of methoxy groups -OCH3 is 3. The summed E-state index contributed by atoms with van der Waals surface area (Å²) in [7, 11) is 4.48. The third-order valence-corrected chi connectivity index (χ3v) is 4.70. The van der Waals surface area contributed by atoms with Gasteiger partial charge < -0.3 is 24.1 Å². The maximum absolute atomic E-state index is 13.0. The minimum atomic E-state index is -0.370. The van der Waals surface area contributed by atoms with Crippen LogP contribution in [0.15, 0.2) is 65.4 Å². The number of nitrogens with zero attached hydrogens (tertiary/aromatic N) is 3. The number of pyridine rings is 1. The Morgan fingerprint density at radius 3 is 2.28 bits per heavy atom. The van der Waals surface area contributed by atoms with E-state index in [1.54, 1.807) is 54.9 Å². The van der Waals surface area contributed by atoms with Crippen molar-refractivity contribution in [2.45, 2.75) is 0 Å². The fourth-order valence-electron chi connectivity index (χ4n) is 3.14. The van der Waals surface area contributed by atoms with Gasteiger partial charge in [-0.1, -0.05) is 17.3 Å². The minimum absolute atomic E-state index is 0.276. The van der Waals surface area contributed by atoms with E-state index in [9.17, 15) is 4.79 Å². The van der Waals surface area contributed by atoms with Crippen LogP contribution in [0.25, 0.3) is 22.8 Å². The highest BCUT2D eigenvalue weighted by molar-refractivity contribution is 6.06. The van der Waals surface area contributed by atoms with E-state index < -0.39 is 0 Å². The Hall–Kier alpha value is -4.40. The van der Waals surface area contributed by atoms with Crippen molar-refractivity contribution in [2.75, 3.05) is 26.6 Å². The number of carbonyl (C=O) groups excluding carboxylic acids is 1. The van der Waals surface area contributed by atoms with Gasteiger partial charge >= 0.3 is 0 Å². The van der Waals surface area contributed by atoms with Gasteiger partial charge in [0.25, 0.3) is 11.8 Å². The van der Waals surface area contributed by atoms with E-state index in [4.69, 9.17) is 18.7 Å². The summed E-state index contributed by atoms with van der Waals surface area (Å²) in [6, 6.07) is 13.9. The summed E-state index contributed by atoms with van der Waals surface area (Å²) >= 11 is 0. The Labute approximate surface area is 184 Å². The largest absolute Gasteiger partial charge is 0.493 e. The van der Waals surface area contributed by atoms with Crippen LogP contribution in [0.3, 0.4) is 0 Å². The van der Waals surface area contributed by atoms with Crippen LogP contribution in [0, 0.1) is 0 Å². The van der Waals surface area contributed by atoms with Crippen molar-refractivity contribution in [2.24, 2.45) is 0 Å². The first-order chi connectivity index (χ1) is 15.6. The fraction of sp³-hybridized carbons (Fsp3) is 0.130. The molecule has 2 heterocycles. The monoisotopic (exact) mass is 432 g/mol. The average Bonchev–Trinajstić information content (AvgIpc) is 3.34. The van der Waals surface area contributed by atoms with Gasteiger partial charge in [-0.2, -0.15) is 4.98 Å². The Balaban J connectivity index is 1.65. The van der Waals surface area contributed by atoms with E-state index in [1.807, 2.05) is 6.07 Å². The number of para-hydroxylation sites is 1. The number of aromatic nitrogens is 3. The molecule has 0 fully saturated rings. The van der Waals surface area contributed by atoms with Crippen molar-refractivity contribution >= 4 is 11.6 Å². The highest BCUT2D eigenvalue weighted by Crippen LogP contribution is 2.38. The lowest BCUT2D eigenvalue weighted by Gasteiger charge is -2.14. The van der Waals surface area contributed by atoms with Gasteiger partial charge in [-0.3, -0.25) is 9.78 Å². The molecule has 0 unspecified atom stereocenters. The summed E-state index contributed by atoms with van der Waals surface area (Å²) in [5.41, 5.74) is 2.20. The summed E-state index contributed by atoms with van der Waals surface area (Å²) in [4.78, 5) is 21.5. The van der Waals surface area contributed by atoms with Gasteiger partial charge in [0.05, 0.1) is 32.6 Å². The molecule has 4 rings (SSSR count). The molecule has 9 nitrogen and oxygen atoms in total. The van der Waals surface area contributed by atoms with E-state index in [2.05, 4.69) is 20.4 Å². The number of amides is 1. The van der Waals surface area contributed by atoms with E-state index in [-0.39, 0.29) is 11.8 Å². The lowest BCUT2D eigenvalue weighted by Crippen LogP contribution is -2.13. The zero-order valence-corrected chi connectivity index (χ0v) is 17.7. The molecule has 0 atom stereocenters. The Morgan fingerprint density at radius 2 is 1.62 bits per heavy atom. The number of carbonyl (C=O) groups is 1. The van der Waals surface area contributed by atoms with E-state index in [0.717, 1.165) is 5.56 Å². The number of rotatable bonds is 7. The van der Waals surface area contributed by atoms with Gasteiger partial charge in [-0.15, -0.1) is 0 Å². The quantitative estimate of drug-likeness (QED) is 0.465. The minimum Gasteiger partial charge on any atom is -0.493 e. The molecule has 1 N–H and O–H groups in total. The van der Waals surface area contributed by atoms with Gasteiger partial charge in [0.15, 0.2) is 11.5 Å². The Kier molecular flexibility index (Phi) is 5.98. The number of hydrogen-bond donors (Lipinski definition) is 1. The number of nitrogens with one attached hydrogen (secondary N) is 1. The molecule has 4 aromatic rings. The summed E-state index contributed by atoms with van der Waals surface area (Å²) in [5.74, 6) is 1.49. The molecule has 0 aliphatic carbocycles. The van der Waals surface area contributed by atoms with Gasteiger partial charge in [0.2, 0.25) is 11.6 Å². The van der Waals surface area contributed by atoms with Crippen LogP contribution < -0.4 is 19.5 Å². The second-order valence-electron chi connectivity index (χ2n) is 6.57. The lowest BCUT2D eigenvalue weighted by molar-refractivity contribution is 0.102. The molecule has 0 aliphatic rings. The van der Waals surface area contributed by atoms with E-state index >= 15 is 0 Å². The normalized spacial score (nSPS) is 10.5. The zero-order valence-electron chi connectivity index (χ0n) is 17.7. The number of ether oxygens (including phenoxy) is 3. The molecule has 162 valence electrons. The number of anilines is 1. The zero-order chi connectivity index (χ0) is 22.5. The third-order valence-electron chi connectivity index (χ3n) is 4.70. The number of hydrogen-bond acceptors (Lipinski definition) is 8. The van der Waals surface area contributed by atoms with E-state index in [1.165, 1.54) is 21.3 Å². The molecule has 0 radical (unpaired) electrons. The predicted octanol–water partition coefficient (Wildman–Crippen LogP) is 4.08. The van der Waals surface area contributed by atoms with Crippen LogP contribution in [0.4, 0.5) is 5.69 Å². The van der Waals surface area contributed by atoms with Gasteiger partial charge in [0.1, 0.15) is 0 Å². The lowest BCUT2D eigenvalue weighted by atomic mass is 10.1. The molecular weight excluding hydrogens is 412 g/mol. The molecule has 1 amide bonds. The molecule has 2 aromatic carbocycles. The molecule has 0 saturated carbocycles. The maximum atomic E-state index is 13.0. The highest BCUT2D eigenvalue weighted by Gasteiger charge is 2.19. The molecule has 0 bridgehead atoms. The molecule has 0 saturated heterocycles. The van der Waals surface area contributed by atoms with Crippen molar-refractivity contribution in [1.29, 1.82) is 0 Å². The molecule has 0 aliphatic heterocycles. The summed E-state index contributed by atoms with van der Waals surface area (Å²) in [5, 5.41) is 6.92. The van der Waals surface area contributed by atoms with Crippen LogP contribution in [0.1, 0.15) is 10.4 Å². The summed E-state index contributed by atoms with van der Waals surface area (Å²) < 4.78 is 21.4. The summed E-state index contributed by atoms with van der Waals surface area (Å²) in [6.07, 6.45) is 3.30. The van der Waals surface area contributed by atoms with Gasteiger partial charge in [-0.05, 0) is 36.4 Å². The fourth-order valence-corrected chi connectivity index (χ4v) is 3.14. The molecular formula is C23H20N4O5. The molecule has 9 heteroatoms. The number of benzene rings is 2. The SMILES string of the molecule is COc1cc(C(=O)Nc2ccccc2-c2nc(-c3ccncc3)no2)cc(OC)c1OC. The van der Waals surface area contributed by atoms with Crippen LogP contribution in [0.5, 0.6) is 17.2 Å².